The molecule has 0 saturated heterocycles. The zero-order chi connectivity index (χ0) is 24.4. The first-order chi connectivity index (χ1) is 16.4. The van der Waals surface area contributed by atoms with Crippen molar-refractivity contribution in [3.05, 3.63) is 53.2 Å². The van der Waals surface area contributed by atoms with Crippen LogP contribution in [0, 0.1) is 0 Å². The maximum absolute atomic E-state index is 13.6. The van der Waals surface area contributed by atoms with E-state index in [-0.39, 0.29) is 23.2 Å². The Morgan fingerprint density at radius 3 is 2.32 bits per heavy atom. The normalized spacial score (nSPS) is 14.8. The van der Waals surface area contributed by atoms with Crippen LogP contribution in [0.2, 0.25) is 0 Å². The predicted octanol–water partition coefficient (Wildman–Crippen LogP) is 3.66. The number of nitrogens with zero attached hydrogens (tertiary/aromatic N) is 3. The molecule has 0 aliphatic carbocycles. The summed E-state index contributed by atoms with van der Waals surface area (Å²) in [7, 11) is 4.48. The van der Waals surface area contributed by atoms with E-state index in [4.69, 9.17) is 14.2 Å². The molecule has 178 valence electrons. The van der Waals surface area contributed by atoms with Crippen molar-refractivity contribution in [2.24, 2.45) is 0 Å². The monoisotopic (exact) mass is 483 g/mol. The topological polar surface area (TPSA) is 120 Å². The Kier molecular flexibility index (Phi) is 6.55. The molecule has 0 unspecified atom stereocenters. The first kappa shape index (κ1) is 23.3. The molecule has 0 bridgehead atoms. The summed E-state index contributed by atoms with van der Waals surface area (Å²) in [5.41, 5.74) is 2.29. The highest BCUT2D eigenvalue weighted by atomic mass is 32.2. The Bertz CT molecular complexity index is 1230. The number of thioether (sulfide) groups is 1. The second kappa shape index (κ2) is 9.56. The number of phenolic OH excluding ortho intramolecular Hbond substituents is 1. The van der Waals surface area contributed by atoms with Crippen molar-refractivity contribution < 1.29 is 24.1 Å². The fourth-order valence-electron chi connectivity index (χ4n) is 3.76. The smallest absolute Gasteiger partial charge is 0.255 e. The number of anilines is 2. The fourth-order valence-corrected chi connectivity index (χ4v) is 4.11. The van der Waals surface area contributed by atoms with E-state index in [2.05, 4.69) is 20.7 Å². The molecule has 11 heteroatoms. The minimum absolute atomic E-state index is 0.128. The molecule has 1 atom stereocenters. The molecule has 1 aliphatic heterocycles. The number of carbonyl (C=O) groups is 1. The Morgan fingerprint density at radius 2 is 1.76 bits per heavy atom. The van der Waals surface area contributed by atoms with Crippen molar-refractivity contribution in [2.45, 2.75) is 18.1 Å². The van der Waals surface area contributed by atoms with E-state index in [9.17, 15) is 9.90 Å². The van der Waals surface area contributed by atoms with Gasteiger partial charge in [0.25, 0.3) is 5.91 Å². The van der Waals surface area contributed by atoms with Crippen molar-refractivity contribution in [1.29, 1.82) is 0 Å². The number of rotatable bonds is 7. The largest absolute Gasteiger partial charge is 0.502 e. The molecule has 0 radical (unpaired) electrons. The van der Waals surface area contributed by atoms with Gasteiger partial charge in [0.15, 0.2) is 11.5 Å². The van der Waals surface area contributed by atoms with E-state index in [1.165, 1.54) is 26.0 Å². The molecule has 0 spiro atoms. The number of hydrogen-bond donors (Lipinski definition) is 3. The lowest BCUT2D eigenvalue weighted by Crippen LogP contribution is -2.31. The van der Waals surface area contributed by atoms with Crippen molar-refractivity contribution in [3.8, 4) is 23.0 Å². The number of nitrogens with one attached hydrogen (secondary N) is 2. The first-order valence-electron chi connectivity index (χ1n) is 10.3. The zero-order valence-electron chi connectivity index (χ0n) is 19.4. The SMILES string of the molecule is COc1ccc(NC(=O)C2=C(C)Nc3nc(SC)nn3[C@H]2c2cc(OC)c(O)c(OC)c2)cc1. The quantitative estimate of drug-likeness (QED) is 0.433. The molecule has 0 fully saturated rings. The van der Waals surface area contributed by atoms with Gasteiger partial charge in [-0.15, -0.1) is 5.10 Å². The number of phenols is 1. The number of amides is 1. The van der Waals surface area contributed by atoms with Gasteiger partial charge >= 0.3 is 0 Å². The molecular formula is C23H25N5O5S. The predicted molar refractivity (Wildman–Crippen MR) is 129 cm³/mol. The molecular weight excluding hydrogens is 458 g/mol. The van der Waals surface area contributed by atoms with Crippen LogP contribution >= 0.6 is 11.8 Å². The van der Waals surface area contributed by atoms with Crippen molar-refractivity contribution in [2.75, 3.05) is 38.2 Å². The lowest BCUT2D eigenvalue weighted by molar-refractivity contribution is -0.113. The van der Waals surface area contributed by atoms with Gasteiger partial charge in [-0.05, 0) is 55.1 Å². The van der Waals surface area contributed by atoms with Crippen LogP contribution in [0.25, 0.3) is 0 Å². The Balaban J connectivity index is 1.82. The highest BCUT2D eigenvalue weighted by molar-refractivity contribution is 7.98. The third kappa shape index (κ3) is 4.21. The van der Waals surface area contributed by atoms with Crippen LogP contribution in [0.3, 0.4) is 0 Å². The van der Waals surface area contributed by atoms with Crippen LogP contribution < -0.4 is 24.8 Å². The summed E-state index contributed by atoms with van der Waals surface area (Å²) >= 11 is 1.39. The highest BCUT2D eigenvalue weighted by Crippen LogP contribution is 2.43. The van der Waals surface area contributed by atoms with Gasteiger partial charge in [0.1, 0.15) is 11.8 Å². The van der Waals surface area contributed by atoms with Gasteiger partial charge in [-0.25, -0.2) is 4.68 Å². The van der Waals surface area contributed by atoms with Crippen LogP contribution in [0.1, 0.15) is 18.5 Å². The lowest BCUT2D eigenvalue weighted by atomic mass is 9.94. The van der Waals surface area contributed by atoms with Gasteiger partial charge in [0, 0.05) is 11.4 Å². The molecule has 4 rings (SSSR count). The number of methoxy groups -OCH3 is 3. The number of fused-ring (bicyclic) bond motifs is 1. The Hall–Kier alpha value is -3.86. The summed E-state index contributed by atoms with van der Waals surface area (Å²) in [6.07, 6.45) is 1.88. The third-order valence-corrected chi connectivity index (χ3v) is 5.96. The minimum Gasteiger partial charge on any atom is -0.502 e. The zero-order valence-corrected chi connectivity index (χ0v) is 20.2. The Labute approximate surface area is 200 Å². The molecule has 1 aromatic heterocycles. The van der Waals surface area contributed by atoms with Crippen molar-refractivity contribution in [1.82, 2.24) is 14.8 Å². The van der Waals surface area contributed by atoms with E-state index in [1.54, 1.807) is 48.2 Å². The van der Waals surface area contributed by atoms with E-state index < -0.39 is 6.04 Å². The molecule has 0 saturated carbocycles. The maximum Gasteiger partial charge on any atom is 0.255 e. The number of aromatic hydroxyl groups is 1. The standard InChI is InChI=1S/C23H25N5O5S/c1-12-18(21(30)25-14-6-8-15(31-2)9-7-14)19(28-22(24-12)26-23(27-28)34-5)13-10-16(32-3)20(29)17(11-13)33-4/h6-11,19,29H,1-5H3,(H,25,30)(H,24,26,27)/t19-/m0/s1. The second-order valence-corrected chi connectivity index (χ2v) is 8.16. The lowest BCUT2D eigenvalue weighted by Gasteiger charge is -2.29. The van der Waals surface area contributed by atoms with E-state index >= 15 is 0 Å². The molecule has 3 aromatic rings. The van der Waals surface area contributed by atoms with E-state index in [0.29, 0.717) is 39.4 Å². The van der Waals surface area contributed by atoms with Gasteiger partial charge in [0.2, 0.25) is 16.9 Å². The number of benzene rings is 2. The summed E-state index contributed by atoms with van der Waals surface area (Å²) in [6, 6.07) is 9.71. The minimum atomic E-state index is -0.661. The second-order valence-electron chi connectivity index (χ2n) is 7.39. The van der Waals surface area contributed by atoms with Crippen molar-refractivity contribution >= 4 is 29.3 Å². The van der Waals surface area contributed by atoms with Crippen LogP contribution in [0.15, 0.2) is 52.8 Å². The molecule has 3 N–H and O–H groups in total. The number of carbonyl (C=O) groups excluding carboxylic acids is 1. The first-order valence-corrected chi connectivity index (χ1v) is 11.5. The molecule has 2 heterocycles. The highest BCUT2D eigenvalue weighted by Gasteiger charge is 2.35. The molecule has 1 amide bonds. The van der Waals surface area contributed by atoms with Crippen LogP contribution in [0.5, 0.6) is 23.0 Å². The van der Waals surface area contributed by atoms with E-state index in [1.807, 2.05) is 13.2 Å². The summed E-state index contributed by atoms with van der Waals surface area (Å²) in [4.78, 5) is 18.1. The summed E-state index contributed by atoms with van der Waals surface area (Å²) in [5, 5.41) is 21.7. The molecule has 1 aliphatic rings. The molecule has 10 nitrogen and oxygen atoms in total. The van der Waals surface area contributed by atoms with E-state index in [0.717, 1.165) is 0 Å². The number of ether oxygens (including phenoxy) is 3. The number of hydrogen-bond acceptors (Lipinski definition) is 9. The third-order valence-electron chi connectivity index (χ3n) is 5.43. The van der Waals surface area contributed by atoms with Crippen molar-refractivity contribution in [3.63, 3.8) is 0 Å². The average molecular weight is 484 g/mol. The van der Waals surface area contributed by atoms with Gasteiger partial charge < -0.3 is 30.0 Å². The summed E-state index contributed by atoms with van der Waals surface area (Å²) < 4.78 is 17.5. The van der Waals surface area contributed by atoms with Gasteiger partial charge in [0.05, 0.1) is 26.9 Å². The Morgan fingerprint density at radius 1 is 1.12 bits per heavy atom. The summed E-state index contributed by atoms with van der Waals surface area (Å²) in [5.74, 6) is 1.17. The molecule has 2 aromatic carbocycles. The maximum atomic E-state index is 13.6. The van der Waals surface area contributed by atoms with Gasteiger partial charge in [-0.1, -0.05) is 11.8 Å². The number of aromatic nitrogens is 3. The number of allylic oxidation sites excluding steroid dienone is 1. The van der Waals surface area contributed by atoms with Crippen LogP contribution in [-0.2, 0) is 4.79 Å². The average Bonchev–Trinajstić information content (AvgIpc) is 3.26. The molecule has 34 heavy (non-hydrogen) atoms. The van der Waals surface area contributed by atoms with Crippen LogP contribution in [-0.4, -0.2) is 53.4 Å². The van der Waals surface area contributed by atoms with Gasteiger partial charge in [-0.2, -0.15) is 4.98 Å². The van der Waals surface area contributed by atoms with Gasteiger partial charge in [-0.3, -0.25) is 4.79 Å². The summed E-state index contributed by atoms with van der Waals surface area (Å²) in [6.45, 7) is 1.81. The van der Waals surface area contributed by atoms with Crippen LogP contribution in [0.4, 0.5) is 11.6 Å². The fraction of sp³-hybridized carbons (Fsp3) is 0.261.